The van der Waals surface area contributed by atoms with Crippen LogP contribution in [0.1, 0.15) is 5.56 Å². The van der Waals surface area contributed by atoms with Gasteiger partial charge in [-0.25, -0.2) is 4.98 Å². The number of anilines is 4. The van der Waals surface area contributed by atoms with Crippen LogP contribution in [-0.4, -0.2) is 17.1 Å². The number of benzene rings is 2. The zero-order valence-electron chi connectivity index (χ0n) is 13.7. The molecule has 0 fully saturated rings. The molecule has 134 valence electrons. The molecular formula is C18H15F3N4O. The van der Waals surface area contributed by atoms with E-state index >= 15 is 0 Å². The van der Waals surface area contributed by atoms with E-state index < -0.39 is 11.7 Å². The number of ether oxygens (including phenoxy) is 1. The second kappa shape index (κ2) is 7.30. The second-order valence-electron chi connectivity index (χ2n) is 5.33. The normalized spacial score (nSPS) is 11.1. The molecule has 0 radical (unpaired) electrons. The van der Waals surface area contributed by atoms with Gasteiger partial charge >= 0.3 is 6.18 Å². The van der Waals surface area contributed by atoms with Crippen molar-refractivity contribution in [2.75, 3.05) is 17.7 Å². The van der Waals surface area contributed by atoms with Gasteiger partial charge in [-0.2, -0.15) is 18.2 Å². The van der Waals surface area contributed by atoms with Crippen LogP contribution in [0.25, 0.3) is 0 Å². The number of rotatable bonds is 5. The van der Waals surface area contributed by atoms with Gasteiger partial charge in [-0.1, -0.05) is 12.1 Å². The number of hydrogen-bond donors (Lipinski definition) is 2. The van der Waals surface area contributed by atoms with E-state index in [9.17, 15) is 13.2 Å². The van der Waals surface area contributed by atoms with Crippen molar-refractivity contribution in [3.05, 3.63) is 66.4 Å². The zero-order valence-corrected chi connectivity index (χ0v) is 13.7. The van der Waals surface area contributed by atoms with E-state index in [2.05, 4.69) is 20.6 Å². The Labute approximate surface area is 147 Å². The molecule has 0 bridgehead atoms. The zero-order chi connectivity index (χ0) is 18.6. The lowest BCUT2D eigenvalue weighted by Gasteiger charge is -2.11. The number of nitrogens with one attached hydrogen (secondary N) is 2. The first-order valence-corrected chi connectivity index (χ1v) is 7.62. The van der Waals surface area contributed by atoms with Crippen LogP contribution >= 0.6 is 0 Å². The highest BCUT2D eigenvalue weighted by Gasteiger charge is 2.30. The van der Waals surface area contributed by atoms with Gasteiger partial charge in [-0.3, -0.25) is 0 Å². The summed E-state index contributed by atoms with van der Waals surface area (Å²) in [5, 5.41) is 5.87. The molecule has 5 nitrogen and oxygen atoms in total. The largest absolute Gasteiger partial charge is 0.497 e. The Hall–Kier alpha value is -3.29. The van der Waals surface area contributed by atoms with E-state index in [1.54, 1.807) is 25.3 Å². The fourth-order valence-corrected chi connectivity index (χ4v) is 2.24. The summed E-state index contributed by atoms with van der Waals surface area (Å²) in [7, 11) is 1.56. The van der Waals surface area contributed by atoms with Crippen molar-refractivity contribution in [3.63, 3.8) is 0 Å². The lowest BCUT2D eigenvalue weighted by Crippen LogP contribution is -2.05. The van der Waals surface area contributed by atoms with Crippen LogP contribution in [0.4, 0.5) is 36.3 Å². The van der Waals surface area contributed by atoms with E-state index in [1.165, 1.54) is 18.3 Å². The molecule has 26 heavy (non-hydrogen) atoms. The molecule has 0 atom stereocenters. The van der Waals surface area contributed by atoms with Gasteiger partial charge in [0, 0.05) is 23.6 Å². The summed E-state index contributed by atoms with van der Waals surface area (Å²) in [5.74, 6) is 1.34. The first-order chi connectivity index (χ1) is 12.4. The number of nitrogens with zero attached hydrogens (tertiary/aromatic N) is 2. The number of alkyl halides is 3. The Bertz CT molecular complexity index is 899. The Morgan fingerprint density at radius 2 is 1.65 bits per heavy atom. The van der Waals surface area contributed by atoms with Gasteiger partial charge in [0.15, 0.2) is 0 Å². The van der Waals surface area contributed by atoms with E-state index in [0.29, 0.717) is 17.5 Å². The summed E-state index contributed by atoms with van der Waals surface area (Å²) in [6.07, 6.45) is -2.89. The van der Waals surface area contributed by atoms with Gasteiger partial charge in [-0.05, 0) is 36.4 Å². The summed E-state index contributed by atoms with van der Waals surface area (Å²) in [4.78, 5) is 8.36. The first-order valence-electron chi connectivity index (χ1n) is 7.62. The summed E-state index contributed by atoms with van der Waals surface area (Å²) in [6, 6.07) is 13.7. The third-order valence-corrected chi connectivity index (χ3v) is 3.44. The van der Waals surface area contributed by atoms with Gasteiger partial charge in [-0.15, -0.1) is 0 Å². The monoisotopic (exact) mass is 360 g/mol. The molecule has 2 aromatic carbocycles. The van der Waals surface area contributed by atoms with E-state index in [1.807, 2.05) is 12.1 Å². The van der Waals surface area contributed by atoms with Crippen molar-refractivity contribution in [3.8, 4) is 5.75 Å². The minimum absolute atomic E-state index is 0.283. The maximum atomic E-state index is 12.8. The van der Waals surface area contributed by atoms with E-state index in [0.717, 1.165) is 17.8 Å². The highest BCUT2D eigenvalue weighted by Crippen LogP contribution is 2.31. The molecule has 0 aliphatic heterocycles. The Morgan fingerprint density at radius 1 is 0.923 bits per heavy atom. The molecule has 0 saturated heterocycles. The maximum Gasteiger partial charge on any atom is 0.416 e. The molecule has 0 aliphatic rings. The van der Waals surface area contributed by atoms with Crippen molar-refractivity contribution in [2.45, 2.75) is 6.18 Å². The molecule has 0 spiro atoms. The Kier molecular flexibility index (Phi) is 4.92. The second-order valence-corrected chi connectivity index (χ2v) is 5.33. The quantitative estimate of drug-likeness (QED) is 0.671. The summed E-state index contributed by atoms with van der Waals surface area (Å²) >= 11 is 0. The number of aromatic nitrogens is 2. The average Bonchev–Trinajstić information content (AvgIpc) is 2.62. The van der Waals surface area contributed by atoms with Gasteiger partial charge < -0.3 is 15.4 Å². The van der Waals surface area contributed by atoms with Crippen LogP contribution in [-0.2, 0) is 6.18 Å². The Morgan fingerprint density at radius 3 is 2.38 bits per heavy atom. The van der Waals surface area contributed by atoms with Crippen LogP contribution < -0.4 is 15.4 Å². The third-order valence-electron chi connectivity index (χ3n) is 3.44. The molecule has 0 saturated carbocycles. The van der Waals surface area contributed by atoms with Gasteiger partial charge in [0.2, 0.25) is 5.95 Å². The van der Waals surface area contributed by atoms with Gasteiger partial charge in [0.1, 0.15) is 11.6 Å². The fraction of sp³-hybridized carbons (Fsp3) is 0.111. The molecule has 0 unspecified atom stereocenters. The fourth-order valence-electron chi connectivity index (χ4n) is 2.24. The summed E-state index contributed by atoms with van der Waals surface area (Å²) < 4.78 is 43.6. The average molecular weight is 360 g/mol. The lowest BCUT2D eigenvalue weighted by molar-refractivity contribution is -0.137. The van der Waals surface area contributed by atoms with Crippen molar-refractivity contribution >= 4 is 23.1 Å². The van der Waals surface area contributed by atoms with Crippen LogP contribution in [0, 0.1) is 0 Å². The van der Waals surface area contributed by atoms with Crippen LogP contribution in [0.2, 0.25) is 0 Å². The Balaban J connectivity index is 1.77. The standard InChI is InChI=1S/C18H15F3N4O/c1-26-15-7-3-6-14(11-15)24-17-22-9-8-16(25-17)23-13-5-2-4-12(10-13)18(19,20)21/h2-11H,1H3,(H2,22,23,24,25). The lowest BCUT2D eigenvalue weighted by atomic mass is 10.2. The van der Waals surface area contributed by atoms with Crippen molar-refractivity contribution in [1.29, 1.82) is 0 Å². The molecule has 0 aliphatic carbocycles. The number of halogens is 3. The molecule has 3 aromatic rings. The number of methoxy groups -OCH3 is 1. The maximum absolute atomic E-state index is 12.8. The highest BCUT2D eigenvalue weighted by atomic mass is 19.4. The number of hydrogen-bond acceptors (Lipinski definition) is 5. The van der Waals surface area contributed by atoms with Crippen LogP contribution in [0.5, 0.6) is 5.75 Å². The van der Waals surface area contributed by atoms with Crippen molar-refractivity contribution in [1.82, 2.24) is 9.97 Å². The van der Waals surface area contributed by atoms with E-state index in [4.69, 9.17) is 4.74 Å². The van der Waals surface area contributed by atoms with Crippen LogP contribution in [0.3, 0.4) is 0 Å². The predicted octanol–water partition coefficient (Wildman–Crippen LogP) is 4.99. The van der Waals surface area contributed by atoms with Gasteiger partial charge in [0.25, 0.3) is 0 Å². The van der Waals surface area contributed by atoms with E-state index in [-0.39, 0.29) is 5.69 Å². The predicted molar refractivity (Wildman–Crippen MR) is 93.0 cm³/mol. The molecule has 1 aromatic heterocycles. The first kappa shape index (κ1) is 17.5. The minimum atomic E-state index is -4.40. The van der Waals surface area contributed by atoms with Gasteiger partial charge in [0.05, 0.1) is 12.7 Å². The topological polar surface area (TPSA) is 59.1 Å². The molecule has 8 heteroatoms. The molecular weight excluding hydrogens is 345 g/mol. The highest BCUT2D eigenvalue weighted by molar-refractivity contribution is 5.60. The SMILES string of the molecule is COc1cccc(Nc2nccc(Nc3cccc(C(F)(F)F)c3)n2)c1. The smallest absolute Gasteiger partial charge is 0.416 e. The minimum Gasteiger partial charge on any atom is -0.497 e. The molecule has 3 rings (SSSR count). The molecule has 2 N–H and O–H groups in total. The third kappa shape index (κ3) is 4.41. The molecule has 1 heterocycles. The summed E-state index contributed by atoms with van der Waals surface area (Å²) in [5.41, 5.74) is 0.276. The van der Waals surface area contributed by atoms with Crippen molar-refractivity contribution < 1.29 is 17.9 Å². The van der Waals surface area contributed by atoms with Crippen LogP contribution in [0.15, 0.2) is 60.8 Å². The summed E-state index contributed by atoms with van der Waals surface area (Å²) in [6.45, 7) is 0. The molecule has 0 amide bonds. The van der Waals surface area contributed by atoms with Crippen molar-refractivity contribution in [2.24, 2.45) is 0 Å².